The number of piperidine rings is 1. The Hall–Kier alpha value is -3.65. The molecule has 2 aliphatic rings. The summed E-state index contributed by atoms with van der Waals surface area (Å²) in [7, 11) is 0. The number of hydrogen-bond donors (Lipinski definition) is 1. The third-order valence-electron chi connectivity index (χ3n) is 9.12. The summed E-state index contributed by atoms with van der Waals surface area (Å²) >= 11 is 0. The summed E-state index contributed by atoms with van der Waals surface area (Å²) < 4.78 is 44.7. The standard InChI is InChI=1S/C36H41F3N2O3/c1-2-35(27-9-4-3-5-10-27,25-33(42)44-30-17-18-30)21-8-22-41-23-19-29(20-24-41)40-34(43)32-12-7-6-11-31(32)26-13-15-28(16-14-26)36(37,38)39/h3-7,9-16,29-30H,2,8,17-25H2,1H3,(H,40,43). The lowest BCUT2D eigenvalue weighted by Gasteiger charge is -2.35. The van der Waals surface area contributed by atoms with Gasteiger partial charge in [-0.15, -0.1) is 0 Å². The van der Waals surface area contributed by atoms with Gasteiger partial charge in [-0.3, -0.25) is 9.59 Å². The second-order valence-electron chi connectivity index (χ2n) is 12.2. The number of alkyl halides is 3. The molecule has 1 aliphatic heterocycles. The molecule has 234 valence electrons. The second kappa shape index (κ2) is 14.0. The molecule has 0 spiro atoms. The summed E-state index contributed by atoms with van der Waals surface area (Å²) in [6.07, 6.45) is 2.38. The molecule has 1 aliphatic carbocycles. The van der Waals surface area contributed by atoms with E-state index in [1.165, 1.54) is 17.7 Å². The number of halogens is 3. The first-order chi connectivity index (χ1) is 21.2. The topological polar surface area (TPSA) is 58.6 Å². The van der Waals surface area contributed by atoms with Gasteiger partial charge in [-0.05, 0) is 86.4 Å². The van der Waals surface area contributed by atoms with E-state index < -0.39 is 11.7 Å². The number of hydrogen-bond acceptors (Lipinski definition) is 4. The number of amides is 1. The predicted octanol–water partition coefficient (Wildman–Crippen LogP) is 7.79. The fraction of sp³-hybridized carbons (Fsp3) is 0.444. The molecule has 1 saturated carbocycles. The van der Waals surface area contributed by atoms with Gasteiger partial charge in [0.15, 0.2) is 0 Å². The highest BCUT2D eigenvalue weighted by Crippen LogP contribution is 2.38. The van der Waals surface area contributed by atoms with Crippen LogP contribution >= 0.6 is 0 Å². The van der Waals surface area contributed by atoms with Gasteiger partial charge in [-0.25, -0.2) is 0 Å². The van der Waals surface area contributed by atoms with Crippen molar-refractivity contribution in [2.45, 2.75) is 82.0 Å². The molecule has 0 bridgehead atoms. The lowest BCUT2D eigenvalue weighted by atomic mass is 9.72. The zero-order valence-corrected chi connectivity index (χ0v) is 25.2. The molecule has 5 rings (SSSR count). The van der Waals surface area contributed by atoms with Crippen molar-refractivity contribution in [3.05, 3.63) is 95.6 Å². The highest BCUT2D eigenvalue weighted by Gasteiger charge is 2.36. The Morgan fingerprint density at radius 1 is 0.864 bits per heavy atom. The van der Waals surface area contributed by atoms with E-state index in [-0.39, 0.29) is 29.4 Å². The van der Waals surface area contributed by atoms with E-state index >= 15 is 0 Å². The quantitative estimate of drug-likeness (QED) is 0.214. The van der Waals surface area contributed by atoms with E-state index in [0.29, 0.717) is 23.1 Å². The molecule has 1 heterocycles. The van der Waals surface area contributed by atoms with Crippen LogP contribution in [0.1, 0.15) is 79.8 Å². The number of rotatable bonds is 12. The van der Waals surface area contributed by atoms with Crippen LogP contribution in [0.5, 0.6) is 0 Å². The van der Waals surface area contributed by atoms with Crippen molar-refractivity contribution in [3.63, 3.8) is 0 Å². The Morgan fingerprint density at radius 2 is 1.52 bits per heavy atom. The first kappa shape index (κ1) is 31.8. The first-order valence-electron chi connectivity index (χ1n) is 15.7. The molecule has 1 atom stereocenters. The summed E-state index contributed by atoms with van der Waals surface area (Å²) in [4.78, 5) is 28.5. The van der Waals surface area contributed by atoms with Crippen LogP contribution in [-0.2, 0) is 21.1 Å². The number of carbonyl (C=O) groups excluding carboxylic acids is 2. The van der Waals surface area contributed by atoms with E-state index in [1.54, 1.807) is 24.3 Å². The highest BCUT2D eigenvalue weighted by molar-refractivity contribution is 6.01. The minimum atomic E-state index is -4.41. The number of ether oxygens (including phenoxy) is 1. The highest BCUT2D eigenvalue weighted by atomic mass is 19.4. The molecule has 5 nitrogen and oxygen atoms in total. The van der Waals surface area contributed by atoms with E-state index in [2.05, 4.69) is 29.3 Å². The largest absolute Gasteiger partial charge is 0.462 e. The smallest absolute Gasteiger partial charge is 0.416 e. The SMILES string of the molecule is CCC(CCCN1CCC(NC(=O)c2ccccc2-c2ccc(C(F)(F)F)cc2)CC1)(CC(=O)OC1CC1)c1ccccc1. The van der Waals surface area contributed by atoms with Crippen molar-refractivity contribution >= 4 is 11.9 Å². The summed E-state index contributed by atoms with van der Waals surface area (Å²) in [6, 6.07) is 22.3. The Bertz CT molecular complexity index is 1400. The third-order valence-corrected chi connectivity index (χ3v) is 9.12. The van der Waals surface area contributed by atoms with Gasteiger partial charge in [0.2, 0.25) is 0 Å². The molecular formula is C36H41F3N2O3. The summed E-state index contributed by atoms with van der Waals surface area (Å²) in [5.41, 5.74) is 1.85. The number of likely N-dealkylation sites (tertiary alicyclic amines) is 1. The van der Waals surface area contributed by atoms with Crippen LogP contribution in [0.4, 0.5) is 13.2 Å². The van der Waals surface area contributed by atoms with Crippen molar-refractivity contribution in [2.75, 3.05) is 19.6 Å². The molecule has 3 aromatic rings. The third kappa shape index (κ3) is 8.08. The maximum atomic E-state index is 13.3. The van der Waals surface area contributed by atoms with E-state index in [1.807, 2.05) is 18.2 Å². The minimum absolute atomic E-state index is 0.0238. The summed E-state index contributed by atoms with van der Waals surface area (Å²) in [6.45, 7) is 4.80. The normalized spacial score (nSPS) is 17.5. The predicted molar refractivity (Wildman–Crippen MR) is 165 cm³/mol. The fourth-order valence-corrected chi connectivity index (χ4v) is 6.30. The Balaban J connectivity index is 1.14. The molecule has 0 radical (unpaired) electrons. The number of nitrogens with one attached hydrogen (secondary N) is 1. The molecule has 1 N–H and O–H groups in total. The molecule has 1 saturated heterocycles. The van der Waals surface area contributed by atoms with Crippen LogP contribution in [0.3, 0.4) is 0 Å². The molecule has 2 fully saturated rings. The van der Waals surface area contributed by atoms with Gasteiger partial charge in [-0.1, -0.05) is 67.6 Å². The van der Waals surface area contributed by atoms with E-state index in [0.717, 1.165) is 76.7 Å². The number of esters is 1. The molecule has 3 aromatic carbocycles. The van der Waals surface area contributed by atoms with Gasteiger partial charge in [0.25, 0.3) is 5.91 Å². The van der Waals surface area contributed by atoms with Gasteiger partial charge < -0.3 is 15.0 Å². The molecule has 44 heavy (non-hydrogen) atoms. The second-order valence-corrected chi connectivity index (χ2v) is 12.2. The van der Waals surface area contributed by atoms with Crippen LogP contribution in [0.2, 0.25) is 0 Å². The van der Waals surface area contributed by atoms with Crippen molar-refractivity contribution < 1.29 is 27.5 Å². The number of carbonyl (C=O) groups is 2. The van der Waals surface area contributed by atoms with Crippen molar-refractivity contribution in [1.29, 1.82) is 0 Å². The molecule has 0 aromatic heterocycles. The van der Waals surface area contributed by atoms with Gasteiger partial charge in [0.05, 0.1) is 12.0 Å². The zero-order valence-electron chi connectivity index (χ0n) is 25.2. The van der Waals surface area contributed by atoms with Gasteiger partial charge >= 0.3 is 12.1 Å². The monoisotopic (exact) mass is 606 g/mol. The fourth-order valence-electron chi connectivity index (χ4n) is 6.30. The first-order valence-corrected chi connectivity index (χ1v) is 15.7. The van der Waals surface area contributed by atoms with Crippen molar-refractivity contribution in [1.82, 2.24) is 10.2 Å². The number of benzene rings is 3. The molecule has 1 unspecified atom stereocenters. The Labute approximate surface area is 257 Å². The van der Waals surface area contributed by atoms with Crippen LogP contribution < -0.4 is 5.32 Å². The van der Waals surface area contributed by atoms with Crippen LogP contribution in [-0.4, -0.2) is 48.6 Å². The van der Waals surface area contributed by atoms with Gasteiger partial charge in [-0.2, -0.15) is 13.2 Å². The van der Waals surface area contributed by atoms with Crippen LogP contribution in [0.25, 0.3) is 11.1 Å². The average Bonchev–Trinajstić information content (AvgIpc) is 3.85. The van der Waals surface area contributed by atoms with Crippen molar-refractivity contribution in [2.24, 2.45) is 0 Å². The summed E-state index contributed by atoms with van der Waals surface area (Å²) in [5.74, 6) is -0.317. The molecule has 1 amide bonds. The maximum Gasteiger partial charge on any atom is 0.416 e. The Morgan fingerprint density at radius 3 is 2.16 bits per heavy atom. The maximum absolute atomic E-state index is 13.3. The van der Waals surface area contributed by atoms with Crippen molar-refractivity contribution in [3.8, 4) is 11.1 Å². The van der Waals surface area contributed by atoms with Gasteiger partial charge in [0.1, 0.15) is 6.10 Å². The zero-order chi connectivity index (χ0) is 31.2. The molecular weight excluding hydrogens is 565 g/mol. The lowest BCUT2D eigenvalue weighted by Crippen LogP contribution is -2.45. The Kier molecular flexibility index (Phi) is 10.1. The minimum Gasteiger partial charge on any atom is -0.462 e. The van der Waals surface area contributed by atoms with E-state index in [9.17, 15) is 22.8 Å². The average molecular weight is 607 g/mol. The van der Waals surface area contributed by atoms with Gasteiger partial charge in [0, 0.05) is 30.1 Å². The van der Waals surface area contributed by atoms with Crippen LogP contribution in [0.15, 0.2) is 78.9 Å². The number of nitrogens with zero attached hydrogens (tertiary/aromatic N) is 1. The summed E-state index contributed by atoms with van der Waals surface area (Å²) in [5, 5.41) is 3.16. The lowest BCUT2D eigenvalue weighted by molar-refractivity contribution is -0.146. The van der Waals surface area contributed by atoms with E-state index in [4.69, 9.17) is 4.74 Å². The molecule has 8 heteroatoms. The van der Waals surface area contributed by atoms with Crippen LogP contribution in [0, 0.1) is 0 Å².